The normalized spacial score (nSPS) is 24.1. The fourth-order valence-corrected chi connectivity index (χ4v) is 6.79. The number of fused-ring (bicyclic) bond motifs is 3. The van der Waals surface area contributed by atoms with E-state index in [1.165, 1.54) is 4.90 Å². The molecule has 2 aromatic rings. The molecule has 0 unspecified atom stereocenters. The van der Waals surface area contributed by atoms with Crippen molar-refractivity contribution in [1.82, 2.24) is 10.2 Å². The monoisotopic (exact) mass is 619 g/mol. The number of aromatic hydroxyl groups is 1. The molecule has 6 N–H and O–H groups in total. The van der Waals surface area contributed by atoms with Gasteiger partial charge in [-0.25, -0.2) is 4.79 Å². The smallest absolute Gasteiger partial charge is 0.412 e. The highest BCUT2D eigenvalue weighted by Crippen LogP contribution is 2.53. The molecule has 0 bridgehead atoms. The number of Topliss-reactive ketones (excluding diaryl/α,β-unsaturated/α-hetero) is 2. The van der Waals surface area contributed by atoms with Crippen LogP contribution in [0.3, 0.4) is 0 Å². The molecule has 2 amide bonds. The third kappa shape index (κ3) is 4.91. The molecule has 14 nitrogen and oxygen atoms in total. The first-order valence-electron chi connectivity index (χ1n) is 14.1. The second-order valence-electron chi connectivity index (χ2n) is 11.8. The number of allylic oxidation sites excluding steroid dienone is 1. The molecule has 5 rings (SSSR count). The lowest BCUT2D eigenvalue weighted by Gasteiger charge is -2.50. The quantitative estimate of drug-likeness (QED) is 0.222. The minimum absolute atomic E-state index is 0.0526. The number of para-hydroxylation sites is 1. The Hall–Kier alpha value is -5.08. The maximum Gasteiger partial charge on any atom is 0.412 e. The Balaban J connectivity index is 1.59. The van der Waals surface area contributed by atoms with Crippen LogP contribution in [0.5, 0.6) is 11.5 Å². The number of phenols is 1. The summed E-state index contributed by atoms with van der Waals surface area (Å²) in [5.74, 6) is -6.52. The lowest BCUT2D eigenvalue weighted by atomic mass is 9.58. The van der Waals surface area contributed by atoms with Crippen LogP contribution < -0.4 is 20.7 Å². The number of nitrogens with zero attached hydrogens (tertiary/aromatic N) is 3. The Morgan fingerprint density at radius 1 is 1.13 bits per heavy atom. The number of anilines is 1. The van der Waals surface area contributed by atoms with Gasteiger partial charge in [-0.1, -0.05) is 18.2 Å². The Morgan fingerprint density at radius 2 is 1.80 bits per heavy atom. The molecule has 0 saturated carbocycles. The molecule has 0 aromatic heterocycles. The summed E-state index contributed by atoms with van der Waals surface area (Å²) in [5, 5.41) is 40.2. The molecular weight excluding hydrogens is 586 g/mol. The number of hydrogen-bond donors (Lipinski definition) is 5. The summed E-state index contributed by atoms with van der Waals surface area (Å²) in [5.41, 5.74) is 2.05. The van der Waals surface area contributed by atoms with E-state index in [1.807, 2.05) is 0 Å². The van der Waals surface area contributed by atoms with Crippen molar-refractivity contribution >= 4 is 29.3 Å². The molecule has 0 spiro atoms. The van der Waals surface area contributed by atoms with Gasteiger partial charge in [-0.2, -0.15) is 0 Å². The summed E-state index contributed by atoms with van der Waals surface area (Å²) >= 11 is 0. The van der Waals surface area contributed by atoms with Crippen molar-refractivity contribution in [3.8, 4) is 11.5 Å². The number of carbonyl (C=O) groups excluding carboxylic acids is 4. The third-order valence-electron chi connectivity index (χ3n) is 8.74. The predicted molar refractivity (Wildman–Crippen MR) is 160 cm³/mol. The van der Waals surface area contributed by atoms with E-state index < -0.39 is 69.8 Å². The van der Waals surface area contributed by atoms with E-state index in [1.54, 1.807) is 69.5 Å². The largest absolute Gasteiger partial charge is 0.508 e. The van der Waals surface area contributed by atoms with E-state index in [9.17, 15) is 39.4 Å². The molecule has 3 aliphatic rings. The summed E-state index contributed by atoms with van der Waals surface area (Å²) in [6.45, 7) is -0.226. The van der Waals surface area contributed by atoms with Crippen molar-refractivity contribution in [3.63, 3.8) is 0 Å². The first kappa shape index (κ1) is 31.3. The second kappa shape index (κ2) is 11.4. The second-order valence-corrected chi connectivity index (χ2v) is 11.8. The molecule has 0 aliphatic heterocycles. The van der Waals surface area contributed by atoms with Gasteiger partial charge in [-0.3, -0.25) is 14.4 Å². The van der Waals surface area contributed by atoms with Gasteiger partial charge in [0.1, 0.15) is 28.5 Å². The highest BCUT2D eigenvalue weighted by molar-refractivity contribution is 6.25. The van der Waals surface area contributed by atoms with E-state index >= 15 is 0 Å². The Labute approximate surface area is 257 Å². The number of carbonyl (C=O) groups is 4. The summed E-state index contributed by atoms with van der Waals surface area (Å²) in [7, 11) is 6.58. The van der Waals surface area contributed by atoms with Gasteiger partial charge in [0.05, 0.1) is 11.6 Å². The molecule has 236 valence electrons. The van der Waals surface area contributed by atoms with Crippen molar-refractivity contribution in [2.75, 3.05) is 33.1 Å². The van der Waals surface area contributed by atoms with Crippen LogP contribution in [0.2, 0.25) is 0 Å². The standard InChI is InChI=1S/C31H33N5O9/c1-35(2)19-12-15(13-33-30(42)45-16-8-6-5-7-9-16)25(37)21-17(19)10-14-11-18-24(36(3)4)23(34-44)22(29(32)41)28(40)31(18,43)27(39)20(14)26(21)38/h5-9,12,14,18,24,37,39,43H,10-11,13H2,1-4H3,(H2,32,41)(H,33,42)/t14-,18-,24-,31-/m0/s1. The zero-order valence-corrected chi connectivity index (χ0v) is 25.0. The first-order valence-corrected chi connectivity index (χ1v) is 14.1. The summed E-state index contributed by atoms with van der Waals surface area (Å²) in [6, 6.07) is 8.86. The number of amides is 2. The number of rotatable bonds is 7. The number of ether oxygens (including phenoxy) is 1. The molecule has 0 fully saturated rings. The number of primary amides is 1. The van der Waals surface area contributed by atoms with Crippen molar-refractivity contribution < 1.29 is 39.2 Å². The minimum atomic E-state index is -2.77. The van der Waals surface area contributed by atoms with Gasteiger partial charge < -0.3 is 40.9 Å². The zero-order chi connectivity index (χ0) is 33.0. The highest BCUT2D eigenvalue weighted by atomic mass is 16.6. The Bertz CT molecular complexity index is 1700. The van der Waals surface area contributed by atoms with Crippen LogP contribution in [0, 0.1) is 16.7 Å². The third-order valence-corrected chi connectivity index (χ3v) is 8.74. The van der Waals surface area contributed by atoms with Gasteiger partial charge in [0.25, 0.3) is 5.91 Å². The van der Waals surface area contributed by atoms with Gasteiger partial charge in [-0.15, -0.1) is 4.91 Å². The fourth-order valence-electron chi connectivity index (χ4n) is 6.79. The zero-order valence-electron chi connectivity index (χ0n) is 25.0. The number of hydrogen-bond acceptors (Lipinski definition) is 12. The molecule has 3 aliphatic carbocycles. The van der Waals surface area contributed by atoms with Gasteiger partial charge in [0, 0.05) is 43.4 Å². The van der Waals surface area contributed by atoms with Crippen LogP contribution in [0.1, 0.15) is 27.9 Å². The molecule has 0 saturated heterocycles. The van der Waals surface area contributed by atoms with Crippen molar-refractivity contribution in [2.24, 2.45) is 22.7 Å². The van der Waals surface area contributed by atoms with Crippen molar-refractivity contribution in [3.05, 3.63) is 80.6 Å². The molecule has 0 radical (unpaired) electrons. The average molecular weight is 620 g/mol. The predicted octanol–water partition coefficient (Wildman–Crippen LogP) is 1.68. The fraction of sp³-hybridized carbons (Fsp3) is 0.355. The molecule has 0 heterocycles. The van der Waals surface area contributed by atoms with Gasteiger partial charge in [0.2, 0.25) is 5.78 Å². The van der Waals surface area contributed by atoms with E-state index in [0.717, 1.165) is 0 Å². The number of aliphatic hydroxyl groups excluding tert-OH is 1. The van der Waals surface area contributed by atoms with E-state index in [0.29, 0.717) is 17.0 Å². The van der Waals surface area contributed by atoms with Crippen LogP contribution in [-0.4, -0.2) is 83.6 Å². The van der Waals surface area contributed by atoms with Crippen LogP contribution in [0.25, 0.3) is 0 Å². The molecule has 14 heteroatoms. The number of ketones is 2. The van der Waals surface area contributed by atoms with E-state index in [-0.39, 0.29) is 36.1 Å². The molecule has 4 atom stereocenters. The van der Waals surface area contributed by atoms with Gasteiger partial charge >= 0.3 is 6.09 Å². The maximum atomic E-state index is 14.1. The van der Waals surface area contributed by atoms with Crippen molar-refractivity contribution in [1.29, 1.82) is 0 Å². The van der Waals surface area contributed by atoms with Gasteiger partial charge in [0.15, 0.2) is 11.4 Å². The summed E-state index contributed by atoms with van der Waals surface area (Å²) in [6.07, 6.45) is -0.739. The minimum Gasteiger partial charge on any atom is -0.508 e. The van der Waals surface area contributed by atoms with Gasteiger partial charge in [-0.05, 0) is 61.8 Å². The van der Waals surface area contributed by atoms with Crippen LogP contribution in [-0.2, 0) is 22.6 Å². The Kier molecular flexibility index (Phi) is 7.97. The first-order chi connectivity index (χ1) is 21.2. The average Bonchev–Trinajstić information content (AvgIpc) is 2.97. The van der Waals surface area contributed by atoms with E-state index in [4.69, 9.17) is 10.5 Å². The number of benzene rings is 2. The number of nitrogens with one attached hydrogen (secondary N) is 1. The van der Waals surface area contributed by atoms with Crippen LogP contribution in [0.15, 0.2) is 64.2 Å². The highest BCUT2D eigenvalue weighted by Gasteiger charge is 2.63. The van der Waals surface area contributed by atoms with E-state index in [2.05, 4.69) is 10.5 Å². The SMILES string of the molecule is CN(C)c1cc(CNC(=O)Oc2ccccc2)c(O)c2c1C[C@H]1C[C@H]3[C@H](N(C)C)C(N=O)=C(C(N)=O)C(=O)[C@@]3(O)C(O)=C1C2=O. The molecule has 2 aromatic carbocycles. The topological polar surface area (TPSA) is 212 Å². The van der Waals surface area contributed by atoms with Crippen LogP contribution >= 0.6 is 0 Å². The number of likely N-dealkylation sites (N-methyl/N-ethyl adjacent to an activating group) is 1. The molecular formula is C31H33N5O9. The van der Waals surface area contributed by atoms with Crippen LogP contribution in [0.4, 0.5) is 10.5 Å². The van der Waals surface area contributed by atoms with Crippen molar-refractivity contribution in [2.45, 2.75) is 31.0 Å². The lowest BCUT2D eigenvalue weighted by molar-refractivity contribution is -0.146. The number of phenolic OH excluding ortho intramolecular Hbond substituents is 1. The maximum absolute atomic E-state index is 14.1. The Morgan fingerprint density at radius 3 is 2.38 bits per heavy atom. The lowest BCUT2D eigenvalue weighted by Crippen LogP contribution is -2.63. The number of nitrogens with two attached hydrogens (primary N) is 1. The molecule has 45 heavy (non-hydrogen) atoms. The summed E-state index contributed by atoms with van der Waals surface area (Å²) in [4.78, 5) is 67.6. The number of aliphatic hydroxyl groups is 2. The number of nitroso groups, excluding NO2 is 1. The summed E-state index contributed by atoms with van der Waals surface area (Å²) < 4.78 is 5.23.